The molecule has 0 amide bonds. The Kier molecular flexibility index (Phi) is 3.19. The highest BCUT2D eigenvalue weighted by Crippen LogP contribution is 2.29. The summed E-state index contributed by atoms with van der Waals surface area (Å²) in [5.74, 6) is -0.390. The molecule has 0 saturated carbocycles. The van der Waals surface area contributed by atoms with E-state index in [9.17, 15) is 10.1 Å². The normalized spacial score (nSPS) is 11.5. The lowest BCUT2D eigenvalue weighted by Crippen LogP contribution is -2.00. The number of hydrogen-bond acceptors (Lipinski definition) is 3. The van der Waals surface area contributed by atoms with Crippen LogP contribution in [0, 0.1) is 28.4 Å². The molecule has 0 heterocycles. The SMILES string of the molecule is [CH2]C(C=C)c1cccc(C#N)c1[N+](=O)[O-]. The van der Waals surface area contributed by atoms with E-state index in [0.29, 0.717) is 5.56 Å². The van der Waals surface area contributed by atoms with Crippen LogP contribution in [0.5, 0.6) is 0 Å². The third-order valence-corrected chi connectivity index (χ3v) is 2.05. The van der Waals surface area contributed by atoms with Gasteiger partial charge in [-0.25, -0.2) is 0 Å². The fourth-order valence-electron chi connectivity index (χ4n) is 1.28. The second kappa shape index (κ2) is 4.38. The Morgan fingerprint density at radius 3 is 2.73 bits per heavy atom. The highest BCUT2D eigenvalue weighted by Gasteiger charge is 2.21. The highest BCUT2D eigenvalue weighted by atomic mass is 16.6. The van der Waals surface area contributed by atoms with Crippen LogP contribution in [0.3, 0.4) is 0 Å². The lowest BCUT2D eigenvalue weighted by Gasteiger charge is -2.07. The van der Waals surface area contributed by atoms with Crippen LogP contribution in [0.4, 0.5) is 5.69 Å². The highest BCUT2D eigenvalue weighted by molar-refractivity contribution is 5.56. The quantitative estimate of drug-likeness (QED) is 0.428. The summed E-state index contributed by atoms with van der Waals surface area (Å²) in [6, 6.07) is 6.39. The molecule has 1 rings (SSSR count). The molecule has 1 aromatic rings. The van der Waals surface area contributed by atoms with Crippen LogP contribution < -0.4 is 0 Å². The van der Waals surface area contributed by atoms with Gasteiger partial charge >= 0.3 is 0 Å². The number of benzene rings is 1. The van der Waals surface area contributed by atoms with Crippen LogP contribution in [0.1, 0.15) is 17.0 Å². The van der Waals surface area contributed by atoms with E-state index in [2.05, 4.69) is 13.5 Å². The van der Waals surface area contributed by atoms with E-state index in [1.807, 2.05) is 0 Å². The number of nitrogens with zero attached hydrogens (tertiary/aromatic N) is 2. The van der Waals surface area contributed by atoms with Crippen molar-refractivity contribution in [2.24, 2.45) is 0 Å². The minimum absolute atomic E-state index is 0.0491. The summed E-state index contributed by atoms with van der Waals surface area (Å²) in [4.78, 5) is 10.3. The van der Waals surface area contributed by atoms with E-state index in [0.717, 1.165) is 0 Å². The smallest absolute Gasteiger partial charge is 0.258 e. The van der Waals surface area contributed by atoms with Gasteiger partial charge in [0.15, 0.2) is 0 Å². The fraction of sp³-hybridized carbons (Fsp3) is 0.0909. The molecule has 0 aliphatic rings. The number of para-hydroxylation sites is 1. The van der Waals surface area contributed by atoms with Crippen molar-refractivity contribution in [2.75, 3.05) is 0 Å². The van der Waals surface area contributed by atoms with Gasteiger partial charge in [0.25, 0.3) is 5.69 Å². The maximum Gasteiger partial charge on any atom is 0.290 e. The van der Waals surface area contributed by atoms with Crippen LogP contribution in [0.25, 0.3) is 0 Å². The van der Waals surface area contributed by atoms with Crippen molar-refractivity contribution in [2.45, 2.75) is 5.92 Å². The molecule has 0 spiro atoms. The predicted octanol–water partition coefficient (Wildman–Crippen LogP) is 2.57. The summed E-state index contributed by atoms with van der Waals surface area (Å²) in [5, 5.41) is 19.6. The molecular formula is C11H9N2O2. The van der Waals surface area contributed by atoms with Crippen LogP contribution in [-0.4, -0.2) is 4.92 Å². The minimum atomic E-state index is -0.560. The zero-order valence-corrected chi connectivity index (χ0v) is 8.01. The molecule has 0 N–H and O–H groups in total. The van der Waals surface area contributed by atoms with Crippen molar-refractivity contribution >= 4 is 5.69 Å². The molecule has 15 heavy (non-hydrogen) atoms. The summed E-state index contributed by atoms with van der Waals surface area (Å²) in [6.45, 7) is 7.24. The Balaban J connectivity index is 3.46. The van der Waals surface area contributed by atoms with Gasteiger partial charge in [0.2, 0.25) is 0 Å². The van der Waals surface area contributed by atoms with E-state index in [4.69, 9.17) is 5.26 Å². The van der Waals surface area contributed by atoms with Gasteiger partial charge in [-0.3, -0.25) is 10.1 Å². The zero-order valence-electron chi connectivity index (χ0n) is 8.01. The first-order valence-electron chi connectivity index (χ1n) is 4.24. The van der Waals surface area contributed by atoms with E-state index in [1.54, 1.807) is 18.2 Å². The fourth-order valence-corrected chi connectivity index (χ4v) is 1.28. The van der Waals surface area contributed by atoms with Crippen molar-refractivity contribution in [3.63, 3.8) is 0 Å². The first kappa shape index (κ1) is 10.9. The predicted molar refractivity (Wildman–Crippen MR) is 56.1 cm³/mol. The first-order chi connectivity index (χ1) is 7.11. The average molecular weight is 201 g/mol. The molecule has 1 aromatic carbocycles. The number of nitro benzene ring substituents is 1. The van der Waals surface area contributed by atoms with Crippen LogP contribution >= 0.6 is 0 Å². The molecule has 0 saturated heterocycles. The molecule has 4 nitrogen and oxygen atoms in total. The van der Waals surface area contributed by atoms with Gasteiger partial charge < -0.3 is 0 Å². The number of allylic oxidation sites excluding steroid dienone is 1. The monoisotopic (exact) mass is 201 g/mol. The third-order valence-electron chi connectivity index (χ3n) is 2.05. The van der Waals surface area contributed by atoms with E-state index < -0.39 is 10.8 Å². The van der Waals surface area contributed by atoms with Gasteiger partial charge in [0, 0.05) is 11.5 Å². The van der Waals surface area contributed by atoms with Crippen LogP contribution in [0.15, 0.2) is 30.9 Å². The van der Waals surface area contributed by atoms with E-state index in [1.165, 1.54) is 12.1 Å². The molecule has 1 unspecified atom stereocenters. The van der Waals surface area contributed by atoms with Crippen molar-refractivity contribution in [1.82, 2.24) is 0 Å². The first-order valence-corrected chi connectivity index (χ1v) is 4.24. The lowest BCUT2D eigenvalue weighted by atomic mass is 9.97. The Labute approximate surface area is 87.6 Å². The van der Waals surface area contributed by atoms with Crippen LogP contribution in [-0.2, 0) is 0 Å². The summed E-state index contributed by atoms with van der Waals surface area (Å²) < 4.78 is 0. The van der Waals surface area contributed by atoms with E-state index >= 15 is 0 Å². The van der Waals surface area contributed by atoms with Crippen LogP contribution in [0.2, 0.25) is 0 Å². The van der Waals surface area contributed by atoms with Gasteiger partial charge in [-0.05, 0) is 13.0 Å². The third kappa shape index (κ3) is 2.02. The molecule has 0 fully saturated rings. The van der Waals surface area contributed by atoms with Gasteiger partial charge in [0.05, 0.1) is 4.92 Å². The molecule has 4 heteroatoms. The second-order valence-corrected chi connectivity index (χ2v) is 2.95. The Hall–Kier alpha value is -2.15. The van der Waals surface area contributed by atoms with E-state index in [-0.39, 0.29) is 11.3 Å². The zero-order chi connectivity index (χ0) is 11.4. The Morgan fingerprint density at radius 2 is 2.27 bits per heavy atom. The maximum atomic E-state index is 10.8. The number of hydrogen-bond donors (Lipinski definition) is 0. The number of nitriles is 1. The molecule has 1 radical (unpaired) electrons. The summed E-state index contributed by atoms with van der Waals surface area (Å²) >= 11 is 0. The molecule has 0 aromatic heterocycles. The van der Waals surface area contributed by atoms with Gasteiger partial charge in [0.1, 0.15) is 11.6 Å². The summed E-state index contributed by atoms with van der Waals surface area (Å²) in [7, 11) is 0. The number of rotatable bonds is 3. The Bertz CT molecular complexity index is 446. The average Bonchev–Trinajstić information content (AvgIpc) is 2.26. The topological polar surface area (TPSA) is 66.9 Å². The largest absolute Gasteiger partial charge is 0.290 e. The molecule has 0 aliphatic heterocycles. The molecule has 0 bridgehead atoms. The van der Waals surface area contributed by atoms with Gasteiger partial charge in [-0.2, -0.15) is 5.26 Å². The standard InChI is InChI=1S/C11H9N2O2/c1-3-8(2)10-6-4-5-9(7-12)11(10)13(14)15/h3-6,8H,1-2H2. The lowest BCUT2D eigenvalue weighted by molar-refractivity contribution is -0.385. The van der Waals surface area contributed by atoms with Crippen molar-refractivity contribution in [3.8, 4) is 6.07 Å². The van der Waals surface area contributed by atoms with Crippen molar-refractivity contribution in [1.29, 1.82) is 5.26 Å². The Morgan fingerprint density at radius 1 is 1.60 bits per heavy atom. The summed E-state index contributed by atoms with van der Waals surface area (Å²) in [5.41, 5.74) is 0.280. The maximum absolute atomic E-state index is 10.8. The summed E-state index contributed by atoms with van der Waals surface area (Å²) in [6.07, 6.45) is 1.50. The molecule has 75 valence electrons. The van der Waals surface area contributed by atoms with Gasteiger partial charge in [-0.15, -0.1) is 6.58 Å². The molecule has 0 aliphatic carbocycles. The van der Waals surface area contributed by atoms with Gasteiger partial charge in [-0.1, -0.05) is 18.2 Å². The second-order valence-electron chi connectivity index (χ2n) is 2.95. The molecule has 1 atom stereocenters. The molecular weight excluding hydrogens is 192 g/mol. The number of nitro groups is 1. The van der Waals surface area contributed by atoms with Crippen molar-refractivity contribution in [3.05, 3.63) is 59.0 Å². The minimum Gasteiger partial charge on any atom is -0.258 e. The van der Waals surface area contributed by atoms with Crippen molar-refractivity contribution < 1.29 is 4.92 Å².